The lowest BCUT2D eigenvalue weighted by Crippen LogP contribution is -2.25. The first-order valence-electron chi connectivity index (χ1n) is 8.57. The van der Waals surface area contributed by atoms with Crippen molar-refractivity contribution < 1.29 is 9.53 Å². The molecule has 1 aromatic heterocycles. The first-order chi connectivity index (χ1) is 12.2. The van der Waals surface area contributed by atoms with Gasteiger partial charge in [0.25, 0.3) is 5.91 Å². The van der Waals surface area contributed by atoms with Crippen LogP contribution in [0.4, 0.5) is 5.69 Å². The van der Waals surface area contributed by atoms with Gasteiger partial charge in [0, 0.05) is 24.2 Å². The number of nitrogens with zero attached hydrogens (tertiary/aromatic N) is 2. The van der Waals surface area contributed by atoms with Gasteiger partial charge in [0.15, 0.2) is 0 Å². The minimum Gasteiger partial charge on any atom is -0.492 e. The third-order valence-electron chi connectivity index (χ3n) is 4.26. The second-order valence-electron chi connectivity index (χ2n) is 6.16. The molecular weight excluding hydrogens is 336 g/mol. The van der Waals surface area contributed by atoms with Crippen LogP contribution in [0.15, 0.2) is 23.6 Å². The van der Waals surface area contributed by atoms with E-state index in [1.807, 2.05) is 25.1 Å². The number of benzene rings is 1. The maximum atomic E-state index is 12.2. The van der Waals surface area contributed by atoms with Crippen molar-refractivity contribution in [2.75, 3.05) is 31.6 Å². The van der Waals surface area contributed by atoms with Gasteiger partial charge in [-0.25, -0.2) is 4.98 Å². The third-order valence-corrected chi connectivity index (χ3v) is 5.13. The Labute approximate surface area is 152 Å². The third kappa shape index (κ3) is 4.78. The fourth-order valence-electron chi connectivity index (χ4n) is 2.88. The molecule has 25 heavy (non-hydrogen) atoms. The van der Waals surface area contributed by atoms with E-state index in [-0.39, 0.29) is 5.91 Å². The van der Waals surface area contributed by atoms with Gasteiger partial charge in [0.05, 0.1) is 0 Å². The molecule has 0 unspecified atom stereocenters. The van der Waals surface area contributed by atoms with Crippen molar-refractivity contribution in [2.24, 2.45) is 5.73 Å². The molecule has 3 rings (SSSR count). The van der Waals surface area contributed by atoms with Gasteiger partial charge in [-0.05, 0) is 56.6 Å². The number of hydrogen-bond acceptors (Lipinski definition) is 6. The molecule has 3 N–H and O–H groups in total. The number of carbonyl (C=O) groups excluding carboxylic acids is 1. The van der Waals surface area contributed by atoms with Crippen LogP contribution >= 0.6 is 11.3 Å². The number of likely N-dealkylation sites (tertiary alicyclic amines) is 1. The molecular formula is C18H24N4O2S. The normalized spacial score (nSPS) is 14.6. The van der Waals surface area contributed by atoms with Gasteiger partial charge in [0.2, 0.25) is 0 Å². The van der Waals surface area contributed by atoms with Crippen LogP contribution in [0, 0.1) is 6.92 Å². The number of aromatic nitrogens is 1. The van der Waals surface area contributed by atoms with Crippen LogP contribution in [-0.4, -0.2) is 42.0 Å². The minimum atomic E-state index is -0.224. The average molecular weight is 360 g/mol. The summed E-state index contributed by atoms with van der Waals surface area (Å²) < 4.78 is 5.88. The minimum absolute atomic E-state index is 0.224. The highest BCUT2D eigenvalue weighted by Gasteiger charge is 2.13. The van der Waals surface area contributed by atoms with Gasteiger partial charge in [-0.3, -0.25) is 9.69 Å². The van der Waals surface area contributed by atoms with Gasteiger partial charge >= 0.3 is 0 Å². The Morgan fingerprint density at radius 2 is 2.20 bits per heavy atom. The van der Waals surface area contributed by atoms with E-state index >= 15 is 0 Å². The van der Waals surface area contributed by atoms with Crippen LogP contribution in [0.25, 0.3) is 0 Å². The molecule has 1 saturated heterocycles. The van der Waals surface area contributed by atoms with Crippen molar-refractivity contribution in [2.45, 2.75) is 26.3 Å². The fraction of sp³-hybridized carbons (Fsp3) is 0.444. The molecule has 6 nitrogen and oxygen atoms in total. The highest BCUT2D eigenvalue weighted by atomic mass is 32.1. The van der Waals surface area contributed by atoms with Gasteiger partial charge in [-0.1, -0.05) is 0 Å². The Morgan fingerprint density at radius 3 is 2.88 bits per heavy atom. The number of anilines is 1. The summed E-state index contributed by atoms with van der Waals surface area (Å²) in [6.45, 7) is 6.33. The van der Waals surface area contributed by atoms with E-state index in [4.69, 9.17) is 10.5 Å². The summed E-state index contributed by atoms with van der Waals surface area (Å²) >= 11 is 1.39. The number of aryl methyl sites for hydroxylation is 1. The van der Waals surface area contributed by atoms with Crippen LogP contribution in [0.1, 0.15) is 33.9 Å². The molecule has 1 fully saturated rings. The molecule has 7 heteroatoms. The maximum Gasteiger partial charge on any atom is 0.275 e. The molecule has 2 aromatic rings. The van der Waals surface area contributed by atoms with Gasteiger partial charge in [-0.15, -0.1) is 11.3 Å². The van der Waals surface area contributed by atoms with E-state index in [2.05, 4.69) is 15.2 Å². The molecule has 1 amide bonds. The first kappa shape index (κ1) is 17.8. The van der Waals surface area contributed by atoms with E-state index in [0.717, 1.165) is 28.6 Å². The Bertz CT molecular complexity index is 726. The summed E-state index contributed by atoms with van der Waals surface area (Å²) in [5, 5.41) is 5.34. The highest BCUT2D eigenvalue weighted by Crippen LogP contribution is 2.23. The zero-order chi connectivity index (χ0) is 17.6. The molecule has 1 aromatic carbocycles. The summed E-state index contributed by atoms with van der Waals surface area (Å²) in [7, 11) is 0. The zero-order valence-electron chi connectivity index (χ0n) is 14.5. The number of hydrogen-bond donors (Lipinski definition) is 2. The maximum absolute atomic E-state index is 12.2. The molecule has 0 saturated carbocycles. The van der Waals surface area contributed by atoms with Gasteiger partial charge < -0.3 is 15.8 Å². The highest BCUT2D eigenvalue weighted by molar-refractivity contribution is 7.09. The van der Waals surface area contributed by atoms with Crippen molar-refractivity contribution in [3.63, 3.8) is 0 Å². The Morgan fingerprint density at radius 1 is 1.40 bits per heavy atom. The molecule has 0 aliphatic carbocycles. The second-order valence-corrected chi connectivity index (χ2v) is 7.10. The second kappa shape index (κ2) is 8.42. The molecule has 1 aliphatic heterocycles. The summed E-state index contributed by atoms with van der Waals surface area (Å²) in [4.78, 5) is 18.8. The lowest BCUT2D eigenvalue weighted by molar-refractivity contribution is 0.102. The van der Waals surface area contributed by atoms with E-state index in [0.29, 0.717) is 18.8 Å². The standard InChI is InChI=1S/C18H24N4O2S/c1-13-10-14(20-18(23)15-12-25-17(11-19)21-15)4-5-16(13)24-9-8-22-6-2-3-7-22/h4-5,10,12H,2-3,6-9,11,19H2,1H3,(H,20,23). The average Bonchev–Trinajstić information content (AvgIpc) is 3.28. The van der Waals surface area contributed by atoms with Crippen LogP contribution in [0.5, 0.6) is 5.75 Å². The van der Waals surface area contributed by atoms with Gasteiger partial charge in [-0.2, -0.15) is 0 Å². The van der Waals surface area contributed by atoms with Crippen LogP contribution < -0.4 is 15.8 Å². The number of nitrogens with two attached hydrogens (primary N) is 1. The number of amides is 1. The van der Waals surface area contributed by atoms with Crippen LogP contribution in [-0.2, 0) is 6.54 Å². The Kier molecular flexibility index (Phi) is 6.01. The zero-order valence-corrected chi connectivity index (χ0v) is 15.3. The molecule has 134 valence electrons. The quantitative estimate of drug-likeness (QED) is 0.793. The molecule has 0 atom stereocenters. The topological polar surface area (TPSA) is 80.5 Å². The summed E-state index contributed by atoms with van der Waals surface area (Å²) in [6.07, 6.45) is 2.58. The SMILES string of the molecule is Cc1cc(NC(=O)c2csc(CN)n2)ccc1OCCN1CCCC1. The summed E-state index contributed by atoms with van der Waals surface area (Å²) in [5.74, 6) is 0.634. The number of ether oxygens (including phenoxy) is 1. The monoisotopic (exact) mass is 360 g/mol. The number of rotatable bonds is 7. The largest absolute Gasteiger partial charge is 0.492 e. The molecule has 0 bridgehead atoms. The van der Waals surface area contributed by atoms with E-state index in [9.17, 15) is 4.79 Å². The number of thiazole rings is 1. The smallest absolute Gasteiger partial charge is 0.275 e. The number of nitrogens with one attached hydrogen (secondary N) is 1. The van der Waals surface area contributed by atoms with Crippen LogP contribution in [0.2, 0.25) is 0 Å². The summed E-state index contributed by atoms with van der Waals surface area (Å²) in [6, 6.07) is 5.67. The van der Waals surface area contributed by atoms with E-state index in [1.165, 1.54) is 37.3 Å². The Hall–Kier alpha value is -1.96. The van der Waals surface area contributed by atoms with E-state index < -0.39 is 0 Å². The molecule has 0 spiro atoms. The van der Waals surface area contributed by atoms with Crippen molar-refractivity contribution in [3.8, 4) is 5.75 Å². The predicted molar refractivity (Wildman–Crippen MR) is 100 cm³/mol. The van der Waals surface area contributed by atoms with Crippen molar-refractivity contribution in [1.29, 1.82) is 0 Å². The van der Waals surface area contributed by atoms with Gasteiger partial charge in [0.1, 0.15) is 23.1 Å². The van der Waals surface area contributed by atoms with Crippen molar-refractivity contribution in [1.82, 2.24) is 9.88 Å². The lowest BCUT2D eigenvalue weighted by Gasteiger charge is -2.16. The molecule has 1 aliphatic rings. The van der Waals surface area contributed by atoms with Crippen molar-refractivity contribution >= 4 is 22.9 Å². The fourth-order valence-corrected chi connectivity index (χ4v) is 3.54. The number of carbonyl (C=O) groups is 1. The predicted octanol–water partition coefficient (Wildman–Crippen LogP) is 2.64. The van der Waals surface area contributed by atoms with Crippen molar-refractivity contribution in [3.05, 3.63) is 39.8 Å². The first-order valence-corrected chi connectivity index (χ1v) is 9.45. The molecule has 0 radical (unpaired) electrons. The Balaban J connectivity index is 1.54. The van der Waals surface area contributed by atoms with Crippen LogP contribution in [0.3, 0.4) is 0 Å². The van der Waals surface area contributed by atoms with E-state index in [1.54, 1.807) is 5.38 Å². The molecule has 2 heterocycles. The lowest BCUT2D eigenvalue weighted by atomic mass is 10.2. The summed E-state index contributed by atoms with van der Waals surface area (Å²) in [5.41, 5.74) is 7.66.